The summed E-state index contributed by atoms with van der Waals surface area (Å²) in [4.78, 5) is 23.4. The Balaban J connectivity index is 2.83. The van der Waals surface area contributed by atoms with E-state index in [1.165, 1.54) is 7.05 Å². The number of thiophene rings is 1. The van der Waals surface area contributed by atoms with Crippen molar-refractivity contribution < 1.29 is 14.3 Å². The summed E-state index contributed by atoms with van der Waals surface area (Å²) in [6.45, 7) is 3.82. The van der Waals surface area contributed by atoms with E-state index in [1.807, 2.05) is 6.92 Å². The van der Waals surface area contributed by atoms with E-state index in [1.54, 1.807) is 0 Å². The standard InChI is InChI=1S/C12H20N4O3S/c1-3-19-6-4-5-16-12-7(10(14)17)8(13)9(20-12)11(18)15-2/h16H,3-6,13H2,1-2H3,(H2,14,17)(H,15,18). The lowest BCUT2D eigenvalue weighted by Gasteiger charge is -2.05. The molecule has 0 unspecified atom stereocenters. The summed E-state index contributed by atoms with van der Waals surface area (Å²) in [5, 5.41) is 6.07. The van der Waals surface area contributed by atoms with Crippen LogP contribution in [0.3, 0.4) is 0 Å². The Labute approximate surface area is 121 Å². The average Bonchev–Trinajstić information content (AvgIpc) is 2.74. The summed E-state index contributed by atoms with van der Waals surface area (Å²) < 4.78 is 5.22. The normalized spacial score (nSPS) is 10.3. The third-order valence-electron chi connectivity index (χ3n) is 2.58. The van der Waals surface area contributed by atoms with Crippen molar-refractivity contribution in [2.75, 3.05) is 37.9 Å². The molecule has 7 nitrogen and oxygen atoms in total. The second-order valence-corrected chi connectivity index (χ2v) is 4.99. The van der Waals surface area contributed by atoms with Gasteiger partial charge in [-0.15, -0.1) is 11.3 Å². The van der Waals surface area contributed by atoms with Crippen LogP contribution in [0, 0.1) is 0 Å². The third kappa shape index (κ3) is 3.84. The van der Waals surface area contributed by atoms with E-state index >= 15 is 0 Å². The maximum absolute atomic E-state index is 11.7. The second kappa shape index (κ2) is 7.71. The van der Waals surface area contributed by atoms with Crippen LogP contribution in [0.2, 0.25) is 0 Å². The molecule has 0 aliphatic rings. The Morgan fingerprint density at radius 2 is 2.10 bits per heavy atom. The SMILES string of the molecule is CCOCCCNc1sc(C(=O)NC)c(N)c1C(N)=O. The van der Waals surface area contributed by atoms with E-state index in [4.69, 9.17) is 16.2 Å². The van der Waals surface area contributed by atoms with Crippen molar-refractivity contribution in [1.82, 2.24) is 5.32 Å². The summed E-state index contributed by atoms with van der Waals surface area (Å²) >= 11 is 1.12. The molecule has 0 aliphatic heterocycles. The lowest BCUT2D eigenvalue weighted by atomic mass is 10.2. The number of anilines is 2. The Kier molecular flexibility index (Phi) is 6.26. The third-order valence-corrected chi connectivity index (χ3v) is 3.74. The van der Waals surface area contributed by atoms with Gasteiger partial charge in [0, 0.05) is 26.8 Å². The number of amides is 2. The largest absolute Gasteiger partial charge is 0.397 e. The van der Waals surface area contributed by atoms with Gasteiger partial charge in [-0.2, -0.15) is 0 Å². The highest BCUT2D eigenvalue weighted by Gasteiger charge is 2.23. The van der Waals surface area contributed by atoms with E-state index in [0.29, 0.717) is 24.8 Å². The van der Waals surface area contributed by atoms with E-state index in [2.05, 4.69) is 10.6 Å². The molecule has 8 heteroatoms. The number of rotatable bonds is 8. The van der Waals surface area contributed by atoms with Crippen LogP contribution in [0.4, 0.5) is 10.7 Å². The first-order chi connectivity index (χ1) is 9.52. The molecule has 0 aromatic carbocycles. The summed E-state index contributed by atoms with van der Waals surface area (Å²) in [6, 6.07) is 0. The van der Waals surface area contributed by atoms with Crippen LogP contribution in [0.15, 0.2) is 0 Å². The number of nitrogen functional groups attached to an aromatic ring is 1. The highest BCUT2D eigenvalue weighted by Crippen LogP contribution is 2.35. The molecule has 1 heterocycles. The van der Waals surface area contributed by atoms with Gasteiger partial charge in [0.15, 0.2) is 0 Å². The minimum atomic E-state index is -0.652. The zero-order valence-electron chi connectivity index (χ0n) is 11.6. The molecule has 2 amide bonds. The lowest BCUT2D eigenvalue weighted by Crippen LogP contribution is -2.19. The van der Waals surface area contributed by atoms with Gasteiger partial charge in [-0.25, -0.2) is 0 Å². The van der Waals surface area contributed by atoms with Crippen LogP contribution in [0.5, 0.6) is 0 Å². The quantitative estimate of drug-likeness (QED) is 0.525. The monoisotopic (exact) mass is 300 g/mol. The van der Waals surface area contributed by atoms with Crippen LogP contribution in [-0.4, -0.2) is 38.6 Å². The fourth-order valence-electron chi connectivity index (χ4n) is 1.62. The second-order valence-electron chi connectivity index (χ2n) is 3.97. The molecular weight excluding hydrogens is 280 g/mol. The summed E-state index contributed by atoms with van der Waals surface area (Å²) in [5.74, 6) is -0.987. The number of carbonyl (C=O) groups excluding carboxylic acids is 2. The number of hydrogen-bond acceptors (Lipinski definition) is 6. The predicted octanol–water partition coefficient (Wildman–Crippen LogP) is 0.627. The van der Waals surface area contributed by atoms with Gasteiger partial charge >= 0.3 is 0 Å². The average molecular weight is 300 g/mol. The minimum absolute atomic E-state index is 0.120. The van der Waals surface area contributed by atoms with Gasteiger partial charge in [0.05, 0.1) is 11.3 Å². The maximum Gasteiger partial charge on any atom is 0.263 e. The zero-order chi connectivity index (χ0) is 15.1. The van der Waals surface area contributed by atoms with E-state index in [0.717, 1.165) is 17.8 Å². The van der Waals surface area contributed by atoms with Gasteiger partial charge in [0.25, 0.3) is 11.8 Å². The van der Waals surface area contributed by atoms with Crippen LogP contribution >= 0.6 is 11.3 Å². The molecule has 20 heavy (non-hydrogen) atoms. The van der Waals surface area contributed by atoms with E-state index in [9.17, 15) is 9.59 Å². The number of nitrogens with two attached hydrogens (primary N) is 2. The van der Waals surface area contributed by atoms with Crippen molar-refractivity contribution in [2.45, 2.75) is 13.3 Å². The van der Waals surface area contributed by atoms with Gasteiger partial charge in [0.1, 0.15) is 9.88 Å². The number of carbonyl (C=O) groups is 2. The molecule has 1 aromatic heterocycles. The molecule has 0 bridgehead atoms. The predicted molar refractivity (Wildman–Crippen MR) is 80.2 cm³/mol. The Hall–Kier alpha value is -1.80. The molecular formula is C12H20N4O3S. The fraction of sp³-hybridized carbons (Fsp3) is 0.500. The van der Waals surface area contributed by atoms with Crippen LogP contribution in [0.1, 0.15) is 33.4 Å². The number of hydrogen-bond donors (Lipinski definition) is 4. The molecule has 0 saturated carbocycles. The van der Waals surface area contributed by atoms with Crippen molar-refractivity contribution in [1.29, 1.82) is 0 Å². The summed E-state index contributed by atoms with van der Waals surface area (Å²) in [6.07, 6.45) is 0.777. The Bertz CT molecular complexity index is 487. The highest BCUT2D eigenvalue weighted by atomic mass is 32.1. The summed E-state index contributed by atoms with van der Waals surface area (Å²) in [7, 11) is 1.50. The van der Waals surface area contributed by atoms with Gasteiger partial charge in [-0.1, -0.05) is 0 Å². The van der Waals surface area contributed by atoms with Gasteiger partial charge in [-0.05, 0) is 13.3 Å². The van der Waals surface area contributed by atoms with Crippen molar-refractivity contribution in [3.63, 3.8) is 0 Å². The highest BCUT2D eigenvalue weighted by molar-refractivity contribution is 7.19. The van der Waals surface area contributed by atoms with Crippen LogP contribution < -0.4 is 22.1 Å². The molecule has 1 rings (SSSR count). The van der Waals surface area contributed by atoms with E-state index < -0.39 is 5.91 Å². The van der Waals surface area contributed by atoms with Crippen LogP contribution in [-0.2, 0) is 4.74 Å². The Morgan fingerprint density at radius 1 is 1.40 bits per heavy atom. The smallest absolute Gasteiger partial charge is 0.263 e. The molecule has 6 N–H and O–H groups in total. The molecule has 1 aromatic rings. The molecule has 0 spiro atoms. The zero-order valence-corrected chi connectivity index (χ0v) is 12.4. The minimum Gasteiger partial charge on any atom is -0.397 e. The van der Waals surface area contributed by atoms with Gasteiger partial charge in [0.2, 0.25) is 0 Å². The Morgan fingerprint density at radius 3 is 2.65 bits per heavy atom. The van der Waals surface area contributed by atoms with Gasteiger partial charge < -0.3 is 26.8 Å². The summed E-state index contributed by atoms with van der Waals surface area (Å²) in [5.41, 5.74) is 11.4. The first-order valence-electron chi connectivity index (χ1n) is 6.28. The van der Waals surface area contributed by atoms with Crippen molar-refractivity contribution in [3.05, 3.63) is 10.4 Å². The first-order valence-corrected chi connectivity index (χ1v) is 7.10. The first kappa shape index (κ1) is 16.3. The van der Waals surface area contributed by atoms with E-state index in [-0.39, 0.29) is 22.0 Å². The van der Waals surface area contributed by atoms with Crippen LogP contribution in [0.25, 0.3) is 0 Å². The molecule has 0 saturated heterocycles. The lowest BCUT2D eigenvalue weighted by molar-refractivity contribution is 0.0967. The van der Waals surface area contributed by atoms with Crippen molar-refractivity contribution >= 4 is 33.8 Å². The fourth-order valence-corrected chi connectivity index (χ4v) is 2.71. The topological polar surface area (TPSA) is 119 Å². The molecule has 0 aliphatic carbocycles. The number of nitrogens with one attached hydrogen (secondary N) is 2. The number of ether oxygens (including phenoxy) is 1. The molecule has 0 fully saturated rings. The molecule has 0 atom stereocenters. The molecule has 0 radical (unpaired) electrons. The maximum atomic E-state index is 11.7. The number of primary amides is 1. The van der Waals surface area contributed by atoms with Gasteiger partial charge in [-0.3, -0.25) is 9.59 Å². The van der Waals surface area contributed by atoms with Crippen molar-refractivity contribution in [2.24, 2.45) is 5.73 Å². The van der Waals surface area contributed by atoms with Crippen molar-refractivity contribution in [3.8, 4) is 0 Å². The molecule has 112 valence electrons.